The van der Waals surface area contributed by atoms with Crippen LogP contribution in [0.5, 0.6) is 11.5 Å². The Labute approximate surface area is 248 Å². The van der Waals surface area contributed by atoms with Gasteiger partial charge in [0.2, 0.25) is 5.95 Å². The lowest BCUT2D eigenvalue weighted by Gasteiger charge is -2.35. The van der Waals surface area contributed by atoms with Gasteiger partial charge in [-0.25, -0.2) is 18.7 Å². The number of hydrogen-bond acceptors (Lipinski definition) is 10. The van der Waals surface area contributed by atoms with Crippen LogP contribution in [0.25, 0.3) is 11.4 Å². The van der Waals surface area contributed by atoms with E-state index in [0.717, 1.165) is 6.54 Å². The fourth-order valence-electron chi connectivity index (χ4n) is 5.09. The van der Waals surface area contributed by atoms with Crippen molar-refractivity contribution in [1.82, 2.24) is 24.8 Å². The van der Waals surface area contributed by atoms with Crippen molar-refractivity contribution >= 4 is 17.5 Å². The van der Waals surface area contributed by atoms with Crippen LogP contribution in [0.4, 0.5) is 20.4 Å². The molecule has 0 spiro atoms. The van der Waals surface area contributed by atoms with E-state index in [1.165, 1.54) is 18.2 Å². The predicted molar refractivity (Wildman–Crippen MR) is 153 cm³/mol. The first kappa shape index (κ1) is 30.1. The number of carbonyl (C=O) groups excluding carboxylic acids is 1. The van der Waals surface area contributed by atoms with Gasteiger partial charge in [0.05, 0.1) is 12.1 Å². The minimum absolute atomic E-state index is 0.179. The highest BCUT2D eigenvalue weighted by atomic mass is 19.1. The summed E-state index contributed by atoms with van der Waals surface area (Å²) in [6.45, 7) is 2.52. The van der Waals surface area contributed by atoms with Crippen molar-refractivity contribution in [2.24, 2.45) is 0 Å². The van der Waals surface area contributed by atoms with Crippen LogP contribution in [0.2, 0.25) is 0 Å². The molecule has 5 rings (SSSR count). The molecule has 2 N–H and O–H groups in total. The molecule has 13 heteroatoms. The van der Waals surface area contributed by atoms with Crippen LogP contribution in [-0.2, 0) is 4.79 Å². The van der Waals surface area contributed by atoms with E-state index >= 15 is 0 Å². The third-order valence-electron chi connectivity index (χ3n) is 7.44. The molecule has 1 amide bonds. The molecule has 0 saturated carbocycles. The van der Waals surface area contributed by atoms with Crippen molar-refractivity contribution < 1.29 is 28.2 Å². The lowest BCUT2D eigenvalue weighted by molar-refractivity contribution is -0.143. The van der Waals surface area contributed by atoms with Crippen LogP contribution in [0.1, 0.15) is 25.3 Å². The largest absolute Gasteiger partial charge is 0.487 e. The summed E-state index contributed by atoms with van der Waals surface area (Å²) in [5.41, 5.74) is 1.40. The summed E-state index contributed by atoms with van der Waals surface area (Å²) < 4.78 is 40.8. The lowest BCUT2D eigenvalue weighted by atomic mass is 10.0. The van der Waals surface area contributed by atoms with Crippen LogP contribution in [0.3, 0.4) is 0 Å². The van der Waals surface area contributed by atoms with E-state index in [9.17, 15) is 23.9 Å². The molecule has 0 bridgehead atoms. The van der Waals surface area contributed by atoms with Gasteiger partial charge in [-0.2, -0.15) is 10.2 Å². The first-order chi connectivity index (χ1) is 20.7. The molecule has 3 aromatic rings. The number of piperidine rings is 2. The number of anilines is 2. The van der Waals surface area contributed by atoms with Gasteiger partial charge < -0.3 is 29.7 Å². The highest BCUT2D eigenvalue weighted by molar-refractivity contribution is 5.80. The van der Waals surface area contributed by atoms with Crippen molar-refractivity contribution in [3.8, 4) is 29.0 Å². The third kappa shape index (κ3) is 7.33. The minimum Gasteiger partial charge on any atom is -0.487 e. The Hall–Kier alpha value is -4.41. The van der Waals surface area contributed by atoms with E-state index in [1.54, 1.807) is 42.5 Å². The van der Waals surface area contributed by atoms with E-state index in [0.29, 0.717) is 35.8 Å². The Balaban J connectivity index is 1.22. The number of nitriles is 1. The first-order valence-electron chi connectivity index (χ1n) is 14.1. The summed E-state index contributed by atoms with van der Waals surface area (Å²) in [6, 6.07) is 13.9. The van der Waals surface area contributed by atoms with Crippen molar-refractivity contribution in [3.63, 3.8) is 0 Å². The van der Waals surface area contributed by atoms with Gasteiger partial charge in [0.15, 0.2) is 12.0 Å². The molecule has 1 unspecified atom stereocenters. The van der Waals surface area contributed by atoms with Gasteiger partial charge in [-0.15, -0.1) is 0 Å². The second-order valence-corrected chi connectivity index (χ2v) is 10.7. The Bertz CT molecular complexity index is 1470. The highest BCUT2D eigenvalue weighted by Gasteiger charge is 2.34. The number of rotatable bonds is 8. The van der Waals surface area contributed by atoms with Gasteiger partial charge >= 0.3 is 0 Å². The quantitative estimate of drug-likeness (QED) is 0.400. The number of likely N-dealkylation sites (tertiary alicyclic amines) is 2. The van der Waals surface area contributed by atoms with E-state index in [-0.39, 0.29) is 36.8 Å². The summed E-state index contributed by atoms with van der Waals surface area (Å²) in [5.74, 6) is 0.840. The molecule has 2 saturated heterocycles. The molecule has 11 nitrogen and oxygen atoms in total. The molecule has 2 fully saturated rings. The molecule has 0 aliphatic carbocycles. The lowest BCUT2D eigenvalue weighted by Crippen LogP contribution is -2.51. The van der Waals surface area contributed by atoms with E-state index in [1.807, 2.05) is 11.9 Å². The maximum absolute atomic E-state index is 14.8. The normalized spacial score (nSPS) is 23.2. The fourth-order valence-corrected chi connectivity index (χ4v) is 5.09. The zero-order chi connectivity index (χ0) is 30.5. The Kier molecular flexibility index (Phi) is 9.27. The Morgan fingerprint density at radius 3 is 2.49 bits per heavy atom. The van der Waals surface area contributed by atoms with Gasteiger partial charge in [-0.05, 0) is 62.9 Å². The Morgan fingerprint density at radius 2 is 1.79 bits per heavy atom. The second kappa shape index (κ2) is 13.3. The smallest absolute Gasteiger partial charge is 0.251 e. The molecule has 0 radical (unpaired) electrons. The number of benzene rings is 2. The van der Waals surface area contributed by atoms with Crippen LogP contribution in [0.15, 0.2) is 48.8 Å². The SMILES string of the molecule is C[C@H](O)C(=O)N1CCC(Oc2ccc(-c3ncnc(Nc4ccc(O[C@H]5CCN(C)C[C@H]5F)cc4)n3)cc2C#N)[C@H](F)C1. The number of hydrogen-bond donors (Lipinski definition) is 2. The number of nitrogens with zero attached hydrogens (tertiary/aromatic N) is 6. The zero-order valence-electron chi connectivity index (χ0n) is 23.9. The summed E-state index contributed by atoms with van der Waals surface area (Å²) >= 11 is 0. The summed E-state index contributed by atoms with van der Waals surface area (Å²) in [4.78, 5) is 28.1. The van der Waals surface area contributed by atoms with Gasteiger partial charge in [0.25, 0.3) is 5.91 Å². The highest BCUT2D eigenvalue weighted by Crippen LogP contribution is 2.29. The van der Waals surface area contributed by atoms with E-state index < -0.39 is 36.6 Å². The third-order valence-corrected chi connectivity index (χ3v) is 7.44. The van der Waals surface area contributed by atoms with Crippen molar-refractivity contribution in [3.05, 3.63) is 54.4 Å². The molecule has 226 valence electrons. The first-order valence-corrected chi connectivity index (χ1v) is 14.1. The van der Waals surface area contributed by atoms with Gasteiger partial charge in [0.1, 0.15) is 48.4 Å². The van der Waals surface area contributed by atoms with Crippen LogP contribution < -0.4 is 14.8 Å². The molecule has 2 aromatic carbocycles. The van der Waals surface area contributed by atoms with Crippen LogP contribution in [-0.4, -0.2) is 99.6 Å². The van der Waals surface area contributed by atoms with Crippen molar-refractivity contribution in [2.45, 2.75) is 50.4 Å². The molecule has 43 heavy (non-hydrogen) atoms. The molecule has 2 aliphatic rings. The van der Waals surface area contributed by atoms with Gasteiger partial charge in [-0.3, -0.25) is 4.79 Å². The topological polar surface area (TPSA) is 137 Å². The summed E-state index contributed by atoms with van der Waals surface area (Å²) in [5, 5.41) is 22.4. The molecule has 5 atom stereocenters. The average molecular weight is 594 g/mol. The second-order valence-electron chi connectivity index (χ2n) is 10.7. The number of alkyl halides is 2. The number of carbonyl (C=O) groups is 1. The van der Waals surface area contributed by atoms with Crippen molar-refractivity contribution in [1.29, 1.82) is 5.26 Å². The maximum atomic E-state index is 14.8. The molecular weight excluding hydrogens is 560 g/mol. The number of aliphatic hydroxyl groups is 1. The van der Waals surface area contributed by atoms with Crippen molar-refractivity contribution in [2.75, 3.05) is 38.5 Å². The number of aromatic nitrogens is 3. The standard InChI is InChI=1S/C30H33F2N7O4/c1-18(40)29(41)39-12-10-27(24(32)16-39)43-25-8-3-19(13-20(25)14-33)28-34-17-35-30(37-28)36-21-4-6-22(7-5-21)42-26-9-11-38(2)15-23(26)31/h3-8,13,17-18,23-24,26-27,40H,9-12,15-16H2,1-2H3,(H,34,35,36,37)/t18-,23+,24+,26-,27?/m0/s1. The zero-order valence-corrected chi connectivity index (χ0v) is 23.9. The van der Waals surface area contributed by atoms with Crippen LogP contribution >= 0.6 is 0 Å². The molecule has 2 aliphatic heterocycles. The maximum Gasteiger partial charge on any atom is 0.251 e. The molecule has 1 aromatic heterocycles. The number of ether oxygens (including phenoxy) is 2. The van der Waals surface area contributed by atoms with Gasteiger partial charge in [0, 0.05) is 37.3 Å². The Morgan fingerprint density at radius 1 is 1.07 bits per heavy atom. The number of nitrogens with one attached hydrogen (secondary N) is 1. The molecule has 3 heterocycles. The monoisotopic (exact) mass is 593 g/mol. The minimum atomic E-state index is -1.48. The van der Waals surface area contributed by atoms with E-state index in [4.69, 9.17) is 9.47 Å². The summed E-state index contributed by atoms with van der Waals surface area (Å²) in [7, 11) is 1.89. The summed E-state index contributed by atoms with van der Waals surface area (Å²) in [6.07, 6.45) is -2.86. The van der Waals surface area contributed by atoms with Crippen LogP contribution in [0, 0.1) is 11.3 Å². The van der Waals surface area contributed by atoms with Gasteiger partial charge in [-0.1, -0.05) is 0 Å². The molecular formula is C30H33F2N7O4. The average Bonchev–Trinajstić information content (AvgIpc) is 3.00. The number of aliphatic hydroxyl groups excluding tert-OH is 1. The number of halogens is 2. The van der Waals surface area contributed by atoms with E-state index in [2.05, 4.69) is 26.3 Å². The predicted octanol–water partition coefficient (Wildman–Crippen LogP) is 3.27. The number of amides is 1. The fraction of sp³-hybridized carbons (Fsp3) is 0.433.